The monoisotopic (exact) mass is 232 g/mol. The van der Waals surface area contributed by atoms with Crippen LogP contribution in [0.3, 0.4) is 0 Å². The predicted octanol–water partition coefficient (Wildman–Crippen LogP) is 0.870. The molecule has 0 spiro atoms. The van der Waals surface area contributed by atoms with Gasteiger partial charge in [-0.15, -0.1) is 0 Å². The fraction of sp³-hybridized carbons (Fsp3) is 0.556. The number of hydrogen-bond donors (Lipinski definition) is 2. The molecule has 0 fully saturated rings. The van der Waals surface area contributed by atoms with E-state index in [2.05, 4.69) is 10.4 Å². The number of nitrogens with one attached hydrogen (secondary N) is 1. The number of nitrogen functional groups attached to an aromatic ring is 1. The van der Waals surface area contributed by atoms with E-state index in [0.717, 1.165) is 11.1 Å². The summed E-state index contributed by atoms with van der Waals surface area (Å²) in [5, 5.41) is 6.20. The Bertz CT molecular complexity index is 364. The van der Waals surface area contributed by atoms with E-state index in [4.69, 9.17) is 5.73 Å². The highest BCUT2D eigenvalue weighted by atomic mass is 19.3. The molecule has 1 amide bonds. The first kappa shape index (κ1) is 12.4. The number of aromatic nitrogens is 2. The molecule has 5 nitrogen and oxygen atoms in total. The third kappa shape index (κ3) is 2.91. The lowest BCUT2D eigenvalue weighted by Crippen LogP contribution is -2.28. The van der Waals surface area contributed by atoms with E-state index in [1.807, 2.05) is 6.92 Å². The molecule has 16 heavy (non-hydrogen) atoms. The molecule has 1 aromatic rings. The fourth-order valence-electron chi connectivity index (χ4n) is 1.24. The van der Waals surface area contributed by atoms with Crippen molar-refractivity contribution in [3.8, 4) is 0 Å². The second-order valence-corrected chi connectivity index (χ2v) is 3.28. The van der Waals surface area contributed by atoms with Crippen LogP contribution >= 0.6 is 0 Å². The highest BCUT2D eigenvalue weighted by Crippen LogP contribution is 2.12. The summed E-state index contributed by atoms with van der Waals surface area (Å²) < 4.78 is 25.3. The summed E-state index contributed by atoms with van der Waals surface area (Å²) in [6.07, 6.45) is -0.616. The van der Waals surface area contributed by atoms with Crippen LogP contribution in [0.1, 0.15) is 23.8 Å². The Hall–Kier alpha value is -1.66. The van der Waals surface area contributed by atoms with Crippen LogP contribution in [0.4, 0.5) is 14.5 Å². The molecule has 0 radical (unpaired) electrons. The molecule has 1 heterocycles. The van der Waals surface area contributed by atoms with Crippen LogP contribution in [-0.4, -0.2) is 28.7 Å². The molecular weight excluding hydrogens is 218 g/mol. The molecule has 0 aliphatic heterocycles. The van der Waals surface area contributed by atoms with Gasteiger partial charge in [-0.2, -0.15) is 5.10 Å². The molecule has 3 N–H and O–H groups in total. The molecule has 0 aliphatic carbocycles. The minimum atomic E-state index is -2.57. The molecule has 0 atom stereocenters. The van der Waals surface area contributed by atoms with Crippen molar-refractivity contribution < 1.29 is 13.6 Å². The number of alkyl halides is 2. The molecule has 90 valence electrons. The zero-order valence-electron chi connectivity index (χ0n) is 8.91. The maximum absolute atomic E-state index is 12.2. The second kappa shape index (κ2) is 5.43. The average Bonchev–Trinajstić information content (AvgIpc) is 2.55. The molecule has 0 saturated carbocycles. The van der Waals surface area contributed by atoms with Crippen LogP contribution in [0.15, 0.2) is 6.20 Å². The predicted molar refractivity (Wildman–Crippen MR) is 55.3 cm³/mol. The minimum Gasteiger partial charge on any atom is -0.396 e. The Morgan fingerprint density at radius 2 is 2.38 bits per heavy atom. The Kier molecular flexibility index (Phi) is 4.21. The van der Waals surface area contributed by atoms with Crippen molar-refractivity contribution >= 4 is 11.6 Å². The van der Waals surface area contributed by atoms with E-state index >= 15 is 0 Å². The molecule has 0 aliphatic rings. The average molecular weight is 232 g/mol. The largest absolute Gasteiger partial charge is 0.396 e. The number of nitrogens with zero attached hydrogens (tertiary/aromatic N) is 2. The fourth-order valence-corrected chi connectivity index (χ4v) is 1.24. The highest BCUT2D eigenvalue weighted by molar-refractivity contribution is 5.97. The van der Waals surface area contributed by atoms with Crippen LogP contribution in [0.2, 0.25) is 0 Å². The van der Waals surface area contributed by atoms with Crippen molar-refractivity contribution in [2.24, 2.45) is 0 Å². The number of rotatable bonds is 5. The van der Waals surface area contributed by atoms with Gasteiger partial charge in [0.05, 0.1) is 11.9 Å². The summed E-state index contributed by atoms with van der Waals surface area (Å²) in [5.74, 6) is -0.475. The summed E-state index contributed by atoms with van der Waals surface area (Å²) in [6.45, 7) is 1.73. The smallest absolute Gasteiger partial charge is 0.271 e. The zero-order chi connectivity index (χ0) is 12.1. The lowest BCUT2D eigenvalue weighted by Gasteiger charge is -2.07. The SMILES string of the molecule is CCCNC(=O)c1c(N)cnn1CC(F)F. The van der Waals surface area contributed by atoms with Crippen LogP contribution in [-0.2, 0) is 6.54 Å². The lowest BCUT2D eigenvalue weighted by molar-refractivity contribution is 0.0925. The molecule has 0 unspecified atom stereocenters. The van der Waals surface area contributed by atoms with Gasteiger partial charge in [0.2, 0.25) is 0 Å². The first-order chi connectivity index (χ1) is 7.56. The molecule has 0 saturated heterocycles. The Morgan fingerprint density at radius 1 is 1.69 bits per heavy atom. The number of carbonyl (C=O) groups is 1. The third-order valence-corrected chi connectivity index (χ3v) is 1.93. The number of amides is 1. The minimum absolute atomic E-state index is 0.00579. The van der Waals surface area contributed by atoms with Gasteiger partial charge in [0.1, 0.15) is 12.2 Å². The van der Waals surface area contributed by atoms with E-state index in [1.54, 1.807) is 0 Å². The lowest BCUT2D eigenvalue weighted by atomic mass is 10.3. The Labute approximate surface area is 91.6 Å². The zero-order valence-corrected chi connectivity index (χ0v) is 8.91. The van der Waals surface area contributed by atoms with Gasteiger partial charge < -0.3 is 11.1 Å². The number of anilines is 1. The van der Waals surface area contributed by atoms with Crippen LogP contribution < -0.4 is 11.1 Å². The summed E-state index contributed by atoms with van der Waals surface area (Å²) in [4.78, 5) is 11.6. The van der Waals surface area contributed by atoms with E-state index in [-0.39, 0.29) is 11.4 Å². The van der Waals surface area contributed by atoms with Crippen molar-refractivity contribution in [1.29, 1.82) is 0 Å². The van der Waals surface area contributed by atoms with E-state index < -0.39 is 18.9 Å². The van der Waals surface area contributed by atoms with Crippen molar-refractivity contribution in [2.75, 3.05) is 12.3 Å². The quantitative estimate of drug-likeness (QED) is 0.791. The summed E-state index contributed by atoms with van der Waals surface area (Å²) in [6, 6.07) is 0. The first-order valence-corrected chi connectivity index (χ1v) is 4.93. The number of hydrogen-bond acceptors (Lipinski definition) is 3. The normalized spacial score (nSPS) is 10.8. The third-order valence-electron chi connectivity index (χ3n) is 1.93. The van der Waals surface area contributed by atoms with Gasteiger partial charge in [-0.25, -0.2) is 8.78 Å². The summed E-state index contributed by atoms with van der Waals surface area (Å²) >= 11 is 0. The van der Waals surface area contributed by atoms with Gasteiger partial charge >= 0.3 is 0 Å². The first-order valence-electron chi connectivity index (χ1n) is 4.93. The maximum Gasteiger partial charge on any atom is 0.271 e. The number of nitrogens with two attached hydrogens (primary N) is 1. The van der Waals surface area contributed by atoms with Crippen molar-refractivity contribution in [1.82, 2.24) is 15.1 Å². The maximum atomic E-state index is 12.2. The van der Waals surface area contributed by atoms with Crippen LogP contribution in [0.25, 0.3) is 0 Å². The Morgan fingerprint density at radius 3 is 2.94 bits per heavy atom. The van der Waals surface area contributed by atoms with E-state index in [1.165, 1.54) is 6.20 Å². The standard InChI is InChI=1S/C9H14F2N4O/c1-2-3-13-9(16)8-6(12)4-14-15(8)5-7(10)11/h4,7H,2-3,5,12H2,1H3,(H,13,16). The van der Waals surface area contributed by atoms with Crippen molar-refractivity contribution in [3.05, 3.63) is 11.9 Å². The number of carbonyl (C=O) groups excluding carboxylic acids is 1. The van der Waals surface area contributed by atoms with Gasteiger partial charge in [-0.05, 0) is 6.42 Å². The van der Waals surface area contributed by atoms with Crippen LogP contribution in [0, 0.1) is 0 Å². The van der Waals surface area contributed by atoms with Crippen molar-refractivity contribution in [3.63, 3.8) is 0 Å². The molecular formula is C9H14F2N4O. The summed E-state index contributed by atoms with van der Waals surface area (Å²) in [7, 11) is 0. The topological polar surface area (TPSA) is 72.9 Å². The highest BCUT2D eigenvalue weighted by Gasteiger charge is 2.18. The van der Waals surface area contributed by atoms with Gasteiger partial charge in [-0.3, -0.25) is 9.48 Å². The summed E-state index contributed by atoms with van der Waals surface area (Å²) in [5.41, 5.74) is 5.60. The molecule has 0 aromatic carbocycles. The van der Waals surface area contributed by atoms with Gasteiger partial charge in [0, 0.05) is 6.54 Å². The second-order valence-electron chi connectivity index (χ2n) is 3.28. The number of halogens is 2. The van der Waals surface area contributed by atoms with Gasteiger partial charge in [-0.1, -0.05) is 6.92 Å². The molecule has 7 heteroatoms. The Balaban J connectivity index is 2.84. The van der Waals surface area contributed by atoms with Gasteiger partial charge in [0.25, 0.3) is 12.3 Å². The van der Waals surface area contributed by atoms with Crippen LogP contribution in [0.5, 0.6) is 0 Å². The van der Waals surface area contributed by atoms with E-state index in [9.17, 15) is 13.6 Å². The van der Waals surface area contributed by atoms with Gasteiger partial charge in [0.15, 0.2) is 0 Å². The molecule has 1 aromatic heterocycles. The van der Waals surface area contributed by atoms with Crippen molar-refractivity contribution in [2.45, 2.75) is 26.3 Å². The molecule has 1 rings (SSSR count). The van der Waals surface area contributed by atoms with E-state index in [0.29, 0.717) is 6.54 Å². The molecule has 0 bridgehead atoms.